The number of rotatable bonds is 5. The van der Waals surface area contributed by atoms with Crippen LogP contribution in [0.25, 0.3) is 33.4 Å². The molecule has 1 atom stereocenters. The third kappa shape index (κ3) is 4.42. The molecule has 2 aromatic heterocycles. The first-order chi connectivity index (χ1) is 19.2. The van der Waals surface area contributed by atoms with Crippen molar-refractivity contribution >= 4 is 45.6 Å². The third-order valence-electron chi connectivity index (χ3n) is 7.17. The van der Waals surface area contributed by atoms with Crippen LogP contribution in [-0.4, -0.2) is 32.6 Å². The number of ether oxygens (including phenoxy) is 2. The normalized spacial score (nSPS) is 15.9. The Labute approximate surface area is 236 Å². The number of nitrogens with one attached hydrogen (secondary N) is 1. The molecule has 5 aromatic rings. The molecule has 1 N–H and O–H groups in total. The van der Waals surface area contributed by atoms with Crippen molar-refractivity contribution < 1.29 is 23.0 Å². The number of fused-ring (bicyclic) bond motifs is 6. The molecule has 1 aliphatic heterocycles. The Bertz CT molecular complexity index is 1800. The molecule has 3 heterocycles. The number of nitrogens with zero attached hydrogens (tertiary/aromatic N) is 3. The Morgan fingerprint density at radius 2 is 2.00 bits per heavy atom. The summed E-state index contributed by atoms with van der Waals surface area (Å²) in [6.45, 7) is 3.05. The van der Waals surface area contributed by atoms with E-state index in [1.807, 2.05) is 11.6 Å². The molecule has 0 unspecified atom stereocenters. The zero-order valence-electron chi connectivity index (χ0n) is 21.1. The molecular weight excluding hydrogens is 558 g/mol. The number of anilines is 1. The van der Waals surface area contributed by atoms with Crippen LogP contribution in [0.15, 0.2) is 60.1 Å². The number of carbonyl (C=O) groups is 1. The molecule has 0 saturated carbocycles. The number of hydrogen-bond donors (Lipinski definition) is 1. The van der Waals surface area contributed by atoms with E-state index in [1.165, 1.54) is 34.7 Å². The van der Waals surface area contributed by atoms with Crippen LogP contribution < -0.4 is 10.1 Å². The fourth-order valence-electron chi connectivity index (χ4n) is 5.45. The molecule has 0 fully saturated rings. The Morgan fingerprint density at radius 1 is 1.18 bits per heavy atom. The highest BCUT2D eigenvalue weighted by Gasteiger charge is 2.28. The summed E-state index contributed by atoms with van der Waals surface area (Å²) >= 11 is 6.50. The number of thiazole rings is 1. The van der Waals surface area contributed by atoms with Gasteiger partial charge in [0, 0.05) is 45.3 Å². The first-order valence-corrected chi connectivity index (χ1v) is 13.8. The minimum Gasteiger partial charge on any atom is -0.420 e. The molecule has 0 spiro atoms. The molecule has 2 aliphatic rings. The number of benzene rings is 3. The van der Waals surface area contributed by atoms with Gasteiger partial charge in [0.25, 0.3) is 5.91 Å². The van der Waals surface area contributed by atoms with E-state index in [4.69, 9.17) is 21.3 Å². The standard InChI is InChI=1S/C29H21ClF2N4O3S/c1-15-12-38-13-25-35-23-10-18(28(37)34-19-4-6-20(7-5-19)39-29(30,31)32)9-22(27(23)36(15)25)16-2-3-17-11-24-26(21(17)8-16)33-14-40-24/h2-10,14-15H,11-13H2,1H3,(H,34,37)/t15-/m1/s1. The van der Waals surface area contributed by atoms with Crippen LogP contribution >= 0.6 is 22.9 Å². The maximum Gasteiger partial charge on any atom is 0.487 e. The fourth-order valence-corrected chi connectivity index (χ4v) is 6.34. The molecule has 0 bridgehead atoms. The van der Waals surface area contributed by atoms with Crippen LogP contribution in [-0.2, 0) is 17.8 Å². The summed E-state index contributed by atoms with van der Waals surface area (Å²) in [4.78, 5) is 24.1. The summed E-state index contributed by atoms with van der Waals surface area (Å²) < 4.78 is 38.2. The summed E-state index contributed by atoms with van der Waals surface area (Å²) in [5.41, 5.74) is 5.73. The van der Waals surface area contributed by atoms with Gasteiger partial charge in [0.05, 0.1) is 34.9 Å². The summed E-state index contributed by atoms with van der Waals surface area (Å²) in [5.74, 6) is 0.321. The molecule has 1 aliphatic carbocycles. The largest absolute Gasteiger partial charge is 0.487 e. The van der Waals surface area contributed by atoms with Gasteiger partial charge >= 0.3 is 5.57 Å². The summed E-state index contributed by atoms with van der Waals surface area (Å²) in [6, 6.07) is 15.6. The summed E-state index contributed by atoms with van der Waals surface area (Å²) in [7, 11) is 0. The summed E-state index contributed by atoms with van der Waals surface area (Å²) in [5, 5.41) is 2.83. The lowest BCUT2D eigenvalue weighted by atomic mass is 9.96. The topological polar surface area (TPSA) is 78.3 Å². The van der Waals surface area contributed by atoms with E-state index in [2.05, 4.69) is 44.7 Å². The van der Waals surface area contributed by atoms with Gasteiger partial charge in [0.1, 0.15) is 18.2 Å². The zero-order chi connectivity index (χ0) is 27.6. The van der Waals surface area contributed by atoms with Crippen LogP contribution in [0.3, 0.4) is 0 Å². The molecule has 7 rings (SSSR count). The molecule has 1 amide bonds. The van der Waals surface area contributed by atoms with Crippen molar-refractivity contribution in [2.24, 2.45) is 0 Å². The number of imidazole rings is 1. The Morgan fingerprint density at radius 3 is 2.80 bits per heavy atom. The van der Waals surface area contributed by atoms with Gasteiger partial charge in [-0.25, -0.2) is 9.97 Å². The molecule has 3 aromatic carbocycles. The lowest BCUT2D eigenvalue weighted by molar-refractivity contribution is -0.0964. The second-order valence-corrected chi connectivity index (χ2v) is 11.2. The van der Waals surface area contributed by atoms with Gasteiger partial charge in [-0.15, -0.1) is 20.1 Å². The van der Waals surface area contributed by atoms with E-state index in [-0.39, 0.29) is 17.7 Å². The Kier molecular flexibility index (Phi) is 5.88. The minimum absolute atomic E-state index is 0.0767. The highest BCUT2D eigenvalue weighted by molar-refractivity contribution is 7.10. The SMILES string of the molecule is C[C@@H]1COCc2nc3cc(C(=O)Nc4ccc(OC(F)(F)Cl)cc4)cc(-c4ccc5c(c4)-c4ncsc4C5)c3n21. The molecule has 0 saturated heterocycles. The van der Waals surface area contributed by atoms with Gasteiger partial charge in [-0.05, 0) is 60.5 Å². The van der Waals surface area contributed by atoms with Gasteiger partial charge in [-0.2, -0.15) is 0 Å². The number of amides is 1. The van der Waals surface area contributed by atoms with E-state index in [1.54, 1.807) is 17.4 Å². The highest BCUT2D eigenvalue weighted by Crippen LogP contribution is 2.42. The van der Waals surface area contributed by atoms with Crippen LogP contribution in [0.1, 0.15) is 39.6 Å². The molecule has 0 radical (unpaired) electrons. The number of halogens is 3. The molecular formula is C29H21ClF2N4O3S. The predicted molar refractivity (Wildman–Crippen MR) is 149 cm³/mol. The number of hydrogen-bond acceptors (Lipinski definition) is 6. The van der Waals surface area contributed by atoms with Crippen molar-refractivity contribution in [1.29, 1.82) is 0 Å². The van der Waals surface area contributed by atoms with Crippen LogP contribution in [0.4, 0.5) is 14.5 Å². The second-order valence-electron chi connectivity index (χ2n) is 9.85. The average molecular weight is 579 g/mol. The smallest absolute Gasteiger partial charge is 0.420 e. The Balaban J connectivity index is 1.30. The van der Waals surface area contributed by atoms with Crippen molar-refractivity contribution in [1.82, 2.24) is 14.5 Å². The summed E-state index contributed by atoms with van der Waals surface area (Å²) in [6.07, 6.45) is 0.871. The maximum absolute atomic E-state index is 13.4. The number of alkyl halides is 3. The van der Waals surface area contributed by atoms with E-state index in [9.17, 15) is 13.6 Å². The van der Waals surface area contributed by atoms with Crippen LogP contribution in [0, 0.1) is 0 Å². The minimum atomic E-state index is -3.82. The molecule has 11 heteroatoms. The molecule has 40 heavy (non-hydrogen) atoms. The van der Waals surface area contributed by atoms with Crippen LogP contribution in [0.5, 0.6) is 5.75 Å². The van der Waals surface area contributed by atoms with Gasteiger partial charge in [0.15, 0.2) is 0 Å². The monoisotopic (exact) mass is 578 g/mol. The maximum atomic E-state index is 13.4. The van der Waals surface area contributed by atoms with Crippen molar-refractivity contribution in [3.05, 3.63) is 81.9 Å². The highest BCUT2D eigenvalue weighted by atomic mass is 35.5. The number of aromatic nitrogens is 3. The first-order valence-electron chi connectivity index (χ1n) is 12.6. The molecule has 7 nitrogen and oxygen atoms in total. The van der Waals surface area contributed by atoms with Crippen LogP contribution in [0.2, 0.25) is 0 Å². The Hall–Kier alpha value is -3.86. The van der Waals surface area contributed by atoms with Crippen molar-refractivity contribution in [3.8, 4) is 28.1 Å². The van der Waals surface area contributed by atoms with Crippen molar-refractivity contribution in [2.45, 2.75) is 31.6 Å². The van der Waals surface area contributed by atoms with Gasteiger partial charge in [0.2, 0.25) is 0 Å². The molecule has 202 valence electrons. The average Bonchev–Trinajstić information content (AvgIpc) is 3.61. The predicted octanol–water partition coefficient (Wildman–Crippen LogP) is 7.24. The lowest BCUT2D eigenvalue weighted by Crippen LogP contribution is -2.21. The van der Waals surface area contributed by atoms with E-state index < -0.39 is 5.57 Å². The third-order valence-corrected chi connectivity index (χ3v) is 8.08. The van der Waals surface area contributed by atoms with Gasteiger partial charge in [-0.3, -0.25) is 4.79 Å². The second kappa shape index (κ2) is 9.36. The van der Waals surface area contributed by atoms with Crippen molar-refractivity contribution in [2.75, 3.05) is 11.9 Å². The quantitative estimate of drug-likeness (QED) is 0.218. The van der Waals surface area contributed by atoms with E-state index >= 15 is 0 Å². The van der Waals surface area contributed by atoms with E-state index in [0.29, 0.717) is 30.0 Å². The first kappa shape index (κ1) is 25.1. The zero-order valence-corrected chi connectivity index (χ0v) is 22.7. The van der Waals surface area contributed by atoms with Crippen molar-refractivity contribution in [3.63, 3.8) is 0 Å². The lowest BCUT2D eigenvalue weighted by Gasteiger charge is -2.23. The van der Waals surface area contributed by atoms with E-state index in [0.717, 1.165) is 40.1 Å². The number of carbonyl (C=O) groups excluding carboxylic acids is 1. The van der Waals surface area contributed by atoms with Gasteiger partial charge in [-0.1, -0.05) is 12.1 Å². The van der Waals surface area contributed by atoms with Gasteiger partial charge < -0.3 is 19.4 Å². The fraction of sp³-hybridized carbons (Fsp3) is 0.207.